The smallest absolute Gasteiger partial charge is 0.0531 e. The average Bonchev–Trinajstić information content (AvgIpc) is 3.04. The third-order valence-electron chi connectivity index (χ3n) is 4.51. The fraction of sp³-hybridized carbons (Fsp3) is 0.0435. The molecule has 0 saturated heterocycles. The van der Waals surface area contributed by atoms with Gasteiger partial charge in [0.2, 0.25) is 0 Å². The summed E-state index contributed by atoms with van der Waals surface area (Å²) >= 11 is 0. The summed E-state index contributed by atoms with van der Waals surface area (Å²) in [5, 5.41) is 1.27. The largest absolute Gasteiger partial charge is 0.316 e. The number of allylic oxidation sites excluding steroid dienone is 1. The van der Waals surface area contributed by atoms with Crippen LogP contribution in [0.1, 0.15) is 17.0 Å². The van der Waals surface area contributed by atoms with Gasteiger partial charge in [0, 0.05) is 23.2 Å². The lowest BCUT2D eigenvalue weighted by molar-refractivity contribution is 1.02. The molecule has 0 fully saturated rings. The van der Waals surface area contributed by atoms with Crippen molar-refractivity contribution in [2.45, 2.75) is 5.92 Å². The Bertz CT molecular complexity index is 965. The van der Waals surface area contributed by atoms with Crippen molar-refractivity contribution in [2.75, 3.05) is 0 Å². The van der Waals surface area contributed by atoms with Crippen molar-refractivity contribution in [3.8, 4) is 5.69 Å². The zero-order valence-corrected chi connectivity index (χ0v) is 13.5. The van der Waals surface area contributed by atoms with Crippen molar-refractivity contribution < 1.29 is 0 Å². The molecule has 4 rings (SSSR count). The van der Waals surface area contributed by atoms with E-state index in [-0.39, 0.29) is 5.92 Å². The van der Waals surface area contributed by atoms with Crippen molar-refractivity contribution in [2.24, 2.45) is 0 Å². The fourth-order valence-electron chi connectivity index (χ4n) is 3.36. The highest BCUT2D eigenvalue weighted by Gasteiger charge is 2.17. The summed E-state index contributed by atoms with van der Waals surface area (Å²) in [5.41, 5.74) is 4.96. The van der Waals surface area contributed by atoms with Crippen molar-refractivity contribution in [3.63, 3.8) is 0 Å². The number of para-hydroxylation sites is 2. The van der Waals surface area contributed by atoms with E-state index < -0.39 is 0 Å². The van der Waals surface area contributed by atoms with Crippen LogP contribution >= 0.6 is 0 Å². The Morgan fingerprint density at radius 1 is 0.750 bits per heavy atom. The standard InChI is InChI=1S/C23H19N/c1-2-20(18-11-5-3-6-12-18)22-17-24(19-13-7-4-8-14-19)23-16-10-9-15-21(22)23/h2-17,20H,1H2. The summed E-state index contributed by atoms with van der Waals surface area (Å²) in [6.07, 6.45) is 4.28. The Morgan fingerprint density at radius 2 is 1.38 bits per heavy atom. The molecule has 0 radical (unpaired) electrons. The zero-order valence-electron chi connectivity index (χ0n) is 13.5. The molecule has 0 amide bonds. The molecule has 0 spiro atoms. The third kappa shape index (κ3) is 2.44. The summed E-state index contributed by atoms with van der Waals surface area (Å²) in [4.78, 5) is 0. The number of rotatable bonds is 4. The lowest BCUT2D eigenvalue weighted by atomic mass is 9.91. The molecule has 0 bridgehead atoms. The molecule has 1 atom stereocenters. The molecule has 1 unspecified atom stereocenters. The van der Waals surface area contributed by atoms with Crippen LogP contribution in [0.3, 0.4) is 0 Å². The summed E-state index contributed by atoms with van der Waals surface area (Å²) in [6, 6.07) is 29.6. The van der Waals surface area contributed by atoms with Crippen LogP contribution in [0.25, 0.3) is 16.6 Å². The van der Waals surface area contributed by atoms with Crippen LogP contribution in [-0.2, 0) is 0 Å². The van der Waals surface area contributed by atoms with E-state index >= 15 is 0 Å². The zero-order chi connectivity index (χ0) is 16.4. The van der Waals surface area contributed by atoms with Gasteiger partial charge >= 0.3 is 0 Å². The Labute approximate surface area is 142 Å². The predicted octanol–water partition coefficient (Wildman–Crippen LogP) is 5.95. The van der Waals surface area contributed by atoms with Crippen LogP contribution in [0.15, 0.2) is 104 Å². The Balaban J connectivity index is 1.95. The number of hydrogen-bond donors (Lipinski definition) is 0. The molecule has 0 aliphatic rings. The summed E-state index contributed by atoms with van der Waals surface area (Å²) in [5.74, 6) is 0.182. The molecule has 1 nitrogen and oxygen atoms in total. The van der Waals surface area contributed by atoms with Crippen LogP contribution in [0.5, 0.6) is 0 Å². The van der Waals surface area contributed by atoms with E-state index in [0.717, 1.165) is 0 Å². The molecule has 4 aromatic rings. The lowest BCUT2D eigenvalue weighted by Gasteiger charge is -2.12. The molecule has 24 heavy (non-hydrogen) atoms. The number of nitrogens with zero attached hydrogens (tertiary/aromatic N) is 1. The predicted molar refractivity (Wildman–Crippen MR) is 102 cm³/mol. The van der Waals surface area contributed by atoms with Gasteiger partial charge in [0.05, 0.1) is 5.52 Å². The first-order valence-electron chi connectivity index (χ1n) is 8.21. The molecule has 1 heterocycles. The molecule has 1 aromatic heterocycles. The minimum atomic E-state index is 0.182. The maximum Gasteiger partial charge on any atom is 0.0531 e. The van der Waals surface area contributed by atoms with E-state index in [0.29, 0.717) is 0 Å². The lowest BCUT2D eigenvalue weighted by Crippen LogP contribution is -1.96. The SMILES string of the molecule is C=CC(c1ccccc1)c1cn(-c2ccccc2)c2ccccc12. The summed E-state index contributed by atoms with van der Waals surface area (Å²) < 4.78 is 2.27. The maximum absolute atomic E-state index is 4.09. The van der Waals surface area contributed by atoms with Gasteiger partial charge in [-0.1, -0.05) is 72.8 Å². The fourth-order valence-corrected chi connectivity index (χ4v) is 3.36. The maximum atomic E-state index is 4.09. The molecule has 0 aliphatic heterocycles. The highest BCUT2D eigenvalue weighted by Crippen LogP contribution is 2.34. The molecule has 0 N–H and O–H groups in total. The number of hydrogen-bond acceptors (Lipinski definition) is 0. The van der Waals surface area contributed by atoms with Gasteiger partial charge in [-0.15, -0.1) is 6.58 Å². The van der Waals surface area contributed by atoms with Crippen LogP contribution in [0, 0.1) is 0 Å². The van der Waals surface area contributed by atoms with Gasteiger partial charge in [0.15, 0.2) is 0 Å². The molecule has 3 aromatic carbocycles. The highest BCUT2D eigenvalue weighted by atomic mass is 15.0. The highest BCUT2D eigenvalue weighted by molar-refractivity contribution is 5.87. The van der Waals surface area contributed by atoms with Crippen LogP contribution in [-0.4, -0.2) is 4.57 Å². The summed E-state index contributed by atoms with van der Waals surface area (Å²) in [7, 11) is 0. The molecule has 116 valence electrons. The van der Waals surface area contributed by atoms with Crippen molar-refractivity contribution >= 4 is 10.9 Å². The number of fused-ring (bicyclic) bond motifs is 1. The minimum Gasteiger partial charge on any atom is -0.316 e. The van der Waals surface area contributed by atoms with Gasteiger partial charge in [0.25, 0.3) is 0 Å². The van der Waals surface area contributed by atoms with Crippen LogP contribution in [0.4, 0.5) is 0 Å². The Hall–Kier alpha value is -3.06. The summed E-state index contributed by atoms with van der Waals surface area (Å²) in [6.45, 7) is 4.09. The topological polar surface area (TPSA) is 4.93 Å². The molecule has 1 heteroatoms. The monoisotopic (exact) mass is 309 g/mol. The third-order valence-corrected chi connectivity index (χ3v) is 4.51. The average molecular weight is 309 g/mol. The minimum absolute atomic E-state index is 0.182. The molecular formula is C23H19N. The second-order valence-electron chi connectivity index (χ2n) is 5.93. The van der Waals surface area contributed by atoms with E-state index in [9.17, 15) is 0 Å². The number of aromatic nitrogens is 1. The van der Waals surface area contributed by atoms with Crippen molar-refractivity contribution in [1.29, 1.82) is 0 Å². The first-order valence-corrected chi connectivity index (χ1v) is 8.21. The van der Waals surface area contributed by atoms with Crippen molar-refractivity contribution in [3.05, 3.63) is 115 Å². The Kier molecular flexibility index (Phi) is 3.76. The van der Waals surface area contributed by atoms with Gasteiger partial charge in [-0.2, -0.15) is 0 Å². The second kappa shape index (κ2) is 6.21. The molecule has 0 saturated carbocycles. The first-order chi connectivity index (χ1) is 11.9. The van der Waals surface area contributed by atoms with E-state index in [1.807, 2.05) is 12.1 Å². The van der Waals surface area contributed by atoms with E-state index in [1.165, 1.54) is 27.7 Å². The van der Waals surface area contributed by atoms with Gasteiger partial charge < -0.3 is 4.57 Å². The molecule has 0 aliphatic carbocycles. The van der Waals surface area contributed by atoms with Crippen molar-refractivity contribution in [1.82, 2.24) is 4.57 Å². The second-order valence-corrected chi connectivity index (χ2v) is 5.93. The quantitative estimate of drug-likeness (QED) is 0.411. The van der Waals surface area contributed by atoms with Crippen LogP contribution < -0.4 is 0 Å². The first kappa shape index (κ1) is 14.5. The van der Waals surface area contributed by atoms with Crippen LogP contribution in [0.2, 0.25) is 0 Å². The van der Waals surface area contributed by atoms with E-state index in [4.69, 9.17) is 0 Å². The van der Waals surface area contributed by atoms with Gasteiger partial charge in [-0.05, 0) is 29.3 Å². The number of benzene rings is 3. The van der Waals surface area contributed by atoms with E-state index in [2.05, 4.69) is 96.2 Å². The van der Waals surface area contributed by atoms with E-state index in [1.54, 1.807) is 0 Å². The Morgan fingerprint density at radius 3 is 2.08 bits per heavy atom. The normalized spacial score (nSPS) is 12.2. The molecular weight excluding hydrogens is 290 g/mol. The van der Waals surface area contributed by atoms with Gasteiger partial charge in [-0.3, -0.25) is 0 Å². The van der Waals surface area contributed by atoms with Gasteiger partial charge in [0.1, 0.15) is 0 Å². The van der Waals surface area contributed by atoms with Gasteiger partial charge in [-0.25, -0.2) is 0 Å².